The maximum absolute atomic E-state index is 9.07. The summed E-state index contributed by atoms with van der Waals surface area (Å²) in [5.74, 6) is 0.544. The Balaban J connectivity index is 2.01. The van der Waals surface area contributed by atoms with Gasteiger partial charge in [-0.05, 0) is 38.0 Å². The Bertz CT molecular complexity index is 436. The van der Waals surface area contributed by atoms with Crippen molar-refractivity contribution in [3.8, 4) is 6.07 Å². The highest BCUT2D eigenvalue weighted by atomic mass is 16.5. The van der Waals surface area contributed by atoms with Gasteiger partial charge in [-0.2, -0.15) is 5.26 Å². The van der Waals surface area contributed by atoms with Gasteiger partial charge in [0.2, 0.25) is 0 Å². The lowest BCUT2D eigenvalue weighted by Gasteiger charge is -2.16. The number of hydrogen-bond donors (Lipinski definition) is 1. The Morgan fingerprint density at radius 3 is 3.00 bits per heavy atom. The molecular formula is C14H18N2O. The summed E-state index contributed by atoms with van der Waals surface area (Å²) in [7, 11) is 0. The summed E-state index contributed by atoms with van der Waals surface area (Å²) in [4.78, 5) is 0. The number of benzene rings is 1. The first-order chi connectivity index (χ1) is 8.20. The van der Waals surface area contributed by atoms with Crippen molar-refractivity contribution in [1.29, 1.82) is 5.26 Å². The summed E-state index contributed by atoms with van der Waals surface area (Å²) in [6, 6.07) is 8.15. The third kappa shape index (κ3) is 2.78. The van der Waals surface area contributed by atoms with Crippen LogP contribution >= 0.6 is 0 Å². The molecule has 1 saturated heterocycles. The molecule has 0 bridgehead atoms. The molecule has 1 fully saturated rings. The lowest BCUT2D eigenvalue weighted by Crippen LogP contribution is -2.21. The topological polar surface area (TPSA) is 45.0 Å². The monoisotopic (exact) mass is 230 g/mol. The van der Waals surface area contributed by atoms with E-state index in [0.29, 0.717) is 12.0 Å². The second-order valence-electron chi connectivity index (χ2n) is 4.67. The number of anilines is 1. The summed E-state index contributed by atoms with van der Waals surface area (Å²) in [6.07, 6.45) is 1.42. The molecule has 0 aliphatic carbocycles. The third-order valence-corrected chi connectivity index (χ3v) is 3.38. The van der Waals surface area contributed by atoms with Crippen LogP contribution in [0.2, 0.25) is 0 Å². The van der Waals surface area contributed by atoms with Crippen molar-refractivity contribution in [2.45, 2.75) is 26.4 Å². The predicted octanol–water partition coefficient (Wildman–Crippen LogP) is 2.70. The summed E-state index contributed by atoms with van der Waals surface area (Å²) in [6.45, 7) is 5.84. The molecule has 0 aromatic heterocycles. The number of hydrogen-bond acceptors (Lipinski definition) is 3. The Morgan fingerprint density at radius 1 is 1.53 bits per heavy atom. The quantitative estimate of drug-likeness (QED) is 0.868. The summed E-state index contributed by atoms with van der Waals surface area (Å²) in [5.41, 5.74) is 2.76. The van der Waals surface area contributed by atoms with E-state index in [-0.39, 0.29) is 0 Å². The van der Waals surface area contributed by atoms with E-state index < -0.39 is 0 Å². The van der Waals surface area contributed by atoms with Gasteiger partial charge < -0.3 is 10.1 Å². The third-order valence-electron chi connectivity index (χ3n) is 3.38. The molecule has 1 aliphatic rings. The lowest BCUT2D eigenvalue weighted by molar-refractivity contribution is 0.108. The molecule has 1 heterocycles. The van der Waals surface area contributed by atoms with Crippen LogP contribution in [0.4, 0.5) is 5.69 Å². The largest absolute Gasteiger partial charge is 0.384 e. The van der Waals surface area contributed by atoms with Crippen LogP contribution in [0.3, 0.4) is 0 Å². The summed E-state index contributed by atoms with van der Waals surface area (Å²) < 4.78 is 5.52. The van der Waals surface area contributed by atoms with E-state index in [4.69, 9.17) is 10.00 Å². The van der Waals surface area contributed by atoms with Gasteiger partial charge in [0.15, 0.2) is 0 Å². The van der Waals surface area contributed by atoms with Gasteiger partial charge in [0.05, 0.1) is 17.4 Å². The highest BCUT2D eigenvalue weighted by Crippen LogP contribution is 2.22. The summed E-state index contributed by atoms with van der Waals surface area (Å²) in [5, 5.41) is 12.4. The van der Waals surface area contributed by atoms with Crippen LogP contribution in [0.1, 0.15) is 24.5 Å². The van der Waals surface area contributed by atoms with Gasteiger partial charge >= 0.3 is 0 Å². The molecule has 2 unspecified atom stereocenters. The Labute approximate surface area is 102 Å². The van der Waals surface area contributed by atoms with Crippen molar-refractivity contribution in [3.63, 3.8) is 0 Å². The van der Waals surface area contributed by atoms with Gasteiger partial charge in [-0.1, -0.05) is 6.07 Å². The van der Waals surface area contributed by atoms with E-state index in [9.17, 15) is 0 Å². The van der Waals surface area contributed by atoms with Gasteiger partial charge in [0, 0.05) is 19.1 Å². The van der Waals surface area contributed by atoms with Gasteiger partial charge in [-0.3, -0.25) is 0 Å². The fourth-order valence-corrected chi connectivity index (χ4v) is 2.19. The molecule has 2 rings (SSSR count). The van der Waals surface area contributed by atoms with E-state index >= 15 is 0 Å². The molecule has 3 nitrogen and oxygen atoms in total. The van der Waals surface area contributed by atoms with E-state index in [1.54, 1.807) is 0 Å². The van der Waals surface area contributed by atoms with Crippen LogP contribution in [-0.4, -0.2) is 19.3 Å². The fraction of sp³-hybridized carbons (Fsp3) is 0.500. The van der Waals surface area contributed by atoms with Gasteiger partial charge in [0.25, 0.3) is 0 Å². The summed E-state index contributed by atoms with van der Waals surface area (Å²) >= 11 is 0. The zero-order valence-electron chi connectivity index (χ0n) is 10.4. The average molecular weight is 230 g/mol. The fourth-order valence-electron chi connectivity index (χ4n) is 2.19. The molecule has 1 aromatic carbocycles. The van der Waals surface area contributed by atoms with Gasteiger partial charge in [-0.25, -0.2) is 0 Å². The van der Waals surface area contributed by atoms with Crippen LogP contribution in [0, 0.1) is 24.2 Å². The normalized spacial score (nSPS) is 23.4. The number of nitrogens with zero attached hydrogens (tertiary/aromatic N) is 1. The van der Waals surface area contributed by atoms with Gasteiger partial charge in [0.1, 0.15) is 6.07 Å². The number of nitrogens with one attached hydrogen (secondary N) is 1. The Hall–Kier alpha value is -1.53. The van der Waals surface area contributed by atoms with Crippen LogP contribution in [-0.2, 0) is 4.74 Å². The number of ether oxygens (including phenoxy) is 1. The standard InChI is InChI=1S/C14H18N2O/c1-10-3-4-14(13(7-10)8-15)16-9-12-5-6-17-11(12)2/h3-4,7,11-12,16H,5-6,9H2,1-2H3. The first kappa shape index (κ1) is 11.9. The van der Waals surface area contributed by atoms with E-state index in [0.717, 1.165) is 36.4 Å². The molecule has 2 atom stereocenters. The molecule has 0 radical (unpaired) electrons. The number of rotatable bonds is 3. The lowest BCUT2D eigenvalue weighted by atomic mass is 10.0. The molecule has 0 spiro atoms. The SMILES string of the molecule is Cc1ccc(NCC2CCOC2C)c(C#N)c1. The van der Waals surface area contributed by atoms with E-state index in [2.05, 4.69) is 18.3 Å². The molecule has 3 heteroatoms. The molecule has 1 aromatic rings. The second kappa shape index (κ2) is 5.20. The minimum Gasteiger partial charge on any atom is -0.384 e. The molecule has 90 valence electrons. The number of nitriles is 1. The van der Waals surface area contributed by atoms with Crippen molar-refractivity contribution in [1.82, 2.24) is 0 Å². The minimum absolute atomic E-state index is 0.318. The van der Waals surface area contributed by atoms with Crippen molar-refractivity contribution in [2.24, 2.45) is 5.92 Å². The van der Waals surface area contributed by atoms with Gasteiger partial charge in [-0.15, -0.1) is 0 Å². The Morgan fingerprint density at radius 2 is 2.35 bits per heavy atom. The minimum atomic E-state index is 0.318. The second-order valence-corrected chi connectivity index (χ2v) is 4.67. The van der Waals surface area contributed by atoms with Crippen molar-refractivity contribution in [2.75, 3.05) is 18.5 Å². The van der Waals surface area contributed by atoms with Crippen molar-refractivity contribution < 1.29 is 4.74 Å². The molecule has 17 heavy (non-hydrogen) atoms. The number of aryl methyl sites for hydroxylation is 1. The van der Waals surface area contributed by atoms with E-state index in [1.165, 1.54) is 0 Å². The first-order valence-corrected chi connectivity index (χ1v) is 6.07. The molecule has 0 amide bonds. The van der Waals surface area contributed by atoms with Crippen LogP contribution in [0.5, 0.6) is 0 Å². The predicted molar refractivity (Wildman–Crippen MR) is 67.9 cm³/mol. The molecule has 0 saturated carbocycles. The maximum atomic E-state index is 9.07. The zero-order valence-corrected chi connectivity index (χ0v) is 10.4. The zero-order chi connectivity index (χ0) is 12.3. The highest BCUT2D eigenvalue weighted by molar-refractivity contribution is 5.58. The average Bonchev–Trinajstić information content (AvgIpc) is 2.73. The van der Waals surface area contributed by atoms with Crippen molar-refractivity contribution >= 4 is 5.69 Å². The van der Waals surface area contributed by atoms with Crippen molar-refractivity contribution in [3.05, 3.63) is 29.3 Å². The van der Waals surface area contributed by atoms with Crippen LogP contribution in [0.25, 0.3) is 0 Å². The highest BCUT2D eigenvalue weighted by Gasteiger charge is 2.23. The van der Waals surface area contributed by atoms with Crippen LogP contribution in [0.15, 0.2) is 18.2 Å². The molecule has 1 aliphatic heterocycles. The van der Waals surface area contributed by atoms with Crippen LogP contribution < -0.4 is 5.32 Å². The molecular weight excluding hydrogens is 212 g/mol. The first-order valence-electron chi connectivity index (χ1n) is 6.07. The smallest absolute Gasteiger partial charge is 0.101 e. The Kier molecular flexibility index (Phi) is 3.65. The maximum Gasteiger partial charge on any atom is 0.101 e. The molecule has 1 N–H and O–H groups in total. The van der Waals surface area contributed by atoms with E-state index in [1.807, 2.05) is 25.1 Å².